The van der Waals surface area contributed by atoms with Crippen LogP contribution in [0.2, 0.25) is 0 Å². The van der Waals surface area contributed by atoms with Gasteiger partial charge in [0.05, 0.1) is 0 Å². The summed E-state index contributed by atoms with van der Waals surface area (Å²) in [4.78, 5) is 0. The highest BCUT2D eigenvalue weighted by Gasteiger charge is 2.20. The van der Waals surface area contributed by atoms with Gasteiger partial charge in [0.25, 0.3) is 0 Å². The molecule has 1 aliphatic heterocycles. The fourth-order valence-corrected chi connectivity index (χ4v) is 2.27. The van der Waals surface area contributed by atoms with Crippen LogP contribution in [0.15, 0.2) is 0 Å². The molecule has 1 atom stereocenters. The number of amidine groups is 1. The van der Waals surface area contributed by atoms with Crippen LogP contribution in [0.4, 0.5) is 0 Å². The van der Waals surface area contributed by atoms with Gasteiger partial charge in [0.1, 0.15) is 19.6 Å². The highest BCUT2D eigenvalue weighted by Crippen LogP contribution is 2.06. The Morgan fingerprint density at radius 1 is 1.31 bits per heavy atom. The van der Waals surface area contributed by atoms with E-state index < -0.39 is 0 Å². The molecule has 1 aliphatic rings. The summed E-state index contributed by atoms with van der Waals surface area (Å²) in [5, 5.41) is 3.49. The van der Waals surface area contributed by atoms with E-state index in [-0.39, 0.29) is 6.04 Å². The van der Waals surface area contributed by atoms with E-state index in [1.54, 1.807) is 0 Å². The second-order valence-electron chi connectivity index (χ2n) is 4.96. The molecule has 3 N–H and O–H groups in total. The molecule has 0 aromatic heterocycles. The van der Waals surface area contributed by atoms with Gasteiger partial charge in [0.2, 0.25) is 5.84 Å². The van der Waals surface area contributed by atoms with Crippen LogP contribution >= 0.6 is 0 Å². The van der Waals surface area contributed by atoms with E-state index >= 15 is 0 Å². The maximum absolute atomic E-state index is 5.85. The van der Waals surface area contributed by atoms with Crippen molar-refractivity contribution in [3.63, 3.8) is 0 Å². The van der Waals surface area contributed by atoms with Crippen LogP contribution in [0, 0.1) is 0 Å². The molecular weight excluding hydrogens is 198 g/mol. The quantitative estimate of drug-likeness (QED) is 0.489. The molecule has 0 saturated carbocycles. The standard InChI is InChI=1S/C13H27N3/c1-3-4-5-6-7-8-13-15-9-10-16(13)11-12(2)14/h12H,3-11,14H2,1-2H3/p+1. The molecule has 1 unspecified atom stereocenters. The third-order valence-electron chi connectivity index (χ3n) is 3.12. The summed E-state index contributed by atoms with van der Waals surface area (Å²) >= 11 is 0. The van der Waals surface area contributed by atoms with Crippen molar-refractivity contribution in [2.75, 3.05) is 19.6 Å². The van der Waals surface area contributed by atoms with Gasteiger partial charge in [-0.2, -0.15) is 0 Å². The van der Waals surface area contributed by atoms with Crippen LogP contribution in [0.3, 0.4) is 0 Å². The lowest BCUT2D eigenvalue weighted by Gasteiger charge is -2.06. The van der Waals surface area contributed by atoms with Gasteiger partial charge < -0.3 is 5.73 Å². The van der Waals surface area contributed by atoms with Crippen molar-refractivity contribution >= 4 is 5.84 Å². The van der Waals surface area contributed by atoms with Gasteiger partial charge in [-0.25, -0.2) is 0 Å². The van der Waals surface area contributed by atoms with Gasteiger partial charge >= 0.3 is 0 Å². The van der Waals surface area contributed by atoms with E-state index in [0.717, 1.165) is 19.6 Å². The molecule has 0 radical (unpaired) electrons. The predicted octanol–water partition coefficient (Wildman–Crippen LogP) is 1.71. The molecule has 16 heavy (non-hydrogen) atoms. The van der Waals surface area contributed by atoms with Crippen LogP contribution in [-0.4, -0.2) is 36.1 Å². The Kier molecular flexibility index (Phi) is 6.46. The number of hydrogen-bond donors (Lipinski definition) is 2. The molecule has 0 amide bonds. The number of rotatable bonds is 8. The van der Waals surface area contributed by atoms with E-state index in [2.05, 4.69) is 23.7 Å². The Hall–Kier alpha value is -0.570. The fraction of sp³-hybridized carbons (Fsp3) is 0.923. The van der Waals surface area contributed by atoms with E-state index in [9.17, 15) is 0 Å². The summed E-state index contributed by atoms with van der Waals surface area (Å²) in [7, 11) is 0. The first-order valence-electron chi connectivity index (χ1n) is 6.84. The van der Waals surface area contributed by atoms with E-state index in [1.807, 2.05) is 0 Å². The molecule has 0 saturated heterocycles. The molecule has 0 aromatic rings. The lowest BCUT2D eigenvalue weighted by molar-refractivity contribution is -0.520. The molecule has 1 rings (SSSR count). The average Bonchev–Trinajstić information content (AvgIpc) is 2.64. The SMILES string of the molecule is CCCCCCCC1=[N+](CC(C)N)CCN1. The van der Waals surface area contributed by atoms with Gasteiger partial charge in [-0.15, -0.1) is 0 Å². The Morgan fingerprint density at radius 2 is 2.06 bits per heavy atom. The number of unbranched alkanes of at least 4 members (excludes halogenated alkanes) is 4. The molecule has 1 heterocycles. The van der Waals surface area contributed by atoms with Crippen molar-refractivity contribution in [2.24, 2.45) is 5.73 Å². The lowest BCUT2D eigenvalue weighted by atomic mass is 10.1. The first-order chi connectivity index (χ1) is 7.74. The second kappa shape index (κ2) is 7.66. The highest BCUT2D eigenvalue weighted by molar-refractivity contribution is 5.78. The normalized spacial score (nSPS) is 17.7. The minimum atomic E-state index is 0.273. The lowest BCUT2D eigenvalue weighted by Crippen LogP contribution is -2.32. The van der Waals surface area contributed by atoms with Gasteiger partial charge in [0.15, 0.2) is 0 Å². The van der Waals surface area contributed by atoms with Gasteiger partial charge in [-0.3, -0.25) is 9.89 Å². The topological polar surface area (TPSA) is 41.1 Å². The van der Waals surface area contributed by atoms with Crippen molar-refractivity contribution < 1.29 is 4.58 Å². The summed E-state index contributed by atoms with van der Waals surface area (Å²) in [6.07, 6.45) is 7.98. The Balaban J connectivity index is 2.22. The summed E-state index contributed by atoms with van der Waals surface area (Å²) in [5.41, 5.74) is 5.85. The van der Waals surface area contributed by atoms with Gasteiger partial charge in [0, 0.05) is 12.5 Å². The van der Waals surface area contributed by atoms with Crippen LogP contribution in [-0.2, 0) is 0 Å². The van der Waals surface area contributed by atoms with Crippen molar-refractivity contribution in [2.45, 2.75) is 58.4 Å². The fourth-order valence-electron chi connectivity index (χ4n) is 2.27. The maximum atomic E-state index is 5.85. The summed E-state index contributed by atoms with van der Waals surface area (Å²) < 4.78 is 2.42. The third-order valence-corrected chi connectivity index (χ3v) is 3.12. The summed E-state index contributed by atoms with van der Waals surface area (Å²) in [6, 6.07) is 0.273. The largest absolute Gasteiger partial charge is 0.325 e. The summed E-state index contributed by atoms with van der Waals surface area (Å²) in [5.74, 6) is 1.42. The van der Waals surface area contributed by atoms with E-state index in [0.29, 0.717) is 0 Å². The third kappa shape index (κ3) is 4.97. The number of nitrogens with zero attached hydrogens (tertiary/aromatic N) is 1. The monoisotopic (exact) mass is 226 g/mol. The van der Waals surface area contributed by atoms with Gasteiger partial charge in [-0.1, -0.05) is 32.6 Å². The molecule has 0 aliphatic carbocycles. The number of nitrogens with one attached hydrogen (secondary N) is 1. The molecule has 3 heteroatoms. The number of hydrogen-bond acceptors (Lipinski definition) is 2. The minimum absolute atomic E-state index is 0.273. The Bertz CT molecular complexity index is 221. The smallest absolute Gasteiger partial charge is 0.244 e. The zero-order chi connectivity index (χ0) is 11.8. The highest BCUT2D eigenvalue weighted by atomic mass is 15.2. The van der Waals surface area contributed by atoms with Crippen molar-refractivity contribution in [1.29, 1.82) is 0 Å². The zero-order valence-electron chi connectivity index (χ0n) is 11.0. The predicted molar refractivity (Wildman–Crippen MR) is 70.0 cm³/mol. The van der Waals surface area contributed by atoms with Gasteiger partial charge in [-0.05, 0) is 13.3 Å². The second-order valence-corrected chi connectivity index (χ2v) is 4.96. The molecule has 3 nitrogen and oxygen atoms in total. The Morgan fingerprint density at radius 3 is 2.75 bits per heavy atom. The van der Waals surface area contributed by atoms with Crippen LogP contribution in [0.1, 0.15) is 52.4 Å². The van der Waals surface area contributed by atoms with E-state index in [1.165, 1.54) is 44.4 Å². The van der Waals surface area contributed by atoms with Crippen LogP contribution < -0.4 is 11.1 Å². The van der Waals surface area contributed by atoms with E-state index in [4.69, 9.17) is 5.73 Å². The maximum Gasteiger partial charge on any atom is 0.244 e. The molecule has 0 spiro atoms. The van der Waals surface area contributed by atoms with Crippen molar-refractivity contribution in [3.8, 4) is 0 Å². The first kappa shape index (κ1) is 13.5. The molecule has 94 valence electrons. The molecular formula is C13H28N3+. The molecule has 0 bridgehead atoms. The van der Waals surface area contributed by atoms with Crippen LogP contribution in [0.25, 0.3) is 0 Å². The van der Waals surface area contributed by atoms with Crippen LogP contribution in [0.5, 0.6) is 0 Å². The first-order valence-corrected chi connectivity index (χ1v) is 6.84. The molecule has 0 aromatic carbocycles. The average molecular weight is 226 g/mol. The zero-order valence-corrected chi connectivity index (χ0v) is 11.0. The van der Waals surface area contributed by atoms with Crippen molar-refractivity contribution in [1.82, 2.24) is 5.32 Å². The Labute approximate surface area is 100 Å². The summed E-state index contributed by atoms with van der Waals surface area (Å²) in [6.45, 7) is 7.56. The number of nitrogens with two attached hydrogens (primary N) is 1. The minimum Gasteiger partial charge on any atom is -0.325 e. The van der Waals surface area contributed by atoms with Crippen molar-refractivity contribution in [3.05, 3.63) is 0 Å². The molecule has 0 fully saturated rings.